The van der Waals surface area contributed by atoms with Crippen LogP contribution in [0.15, 0.2) is 24.3 Å². The molecule has 1 aliphatic heterocycles. The van der Waals surface area contributed by atoms with Gasteiger partial charge in [0, 0.05) is 19.7 Å². The van der Waals surface area contributed by atoms with E-state index in [9.17, 15) is 9.90 Å². The number of aliphatic hydroxyl groups excluding tert-OH is 1. The van der Waals surface area contributed by atoms with Crippen LogP contribution in [0.1, 0.15) is 30.9 Å². The summed E-state index contributed by atoms with van der Waals surface area (Å²) in [5.74, 6) is 0.446. The largest absolute Gasteiger partial charge is 0.395 e. The number of rotatable bonds is 7. The van der Waals surface area contributed by atoms with Gasteiger partial charge in [0.1, 0.15) is 0 Å². The maximum Gasteiger partial charge on any atom is 0.234 e. The molecule has 1 aromatic rings. The minimum Gasteiger partial charge on any atom is -0.395 e. The van der Waals surface area contributed by atoms with Crippen molar-refractivity contribution < 1.29 is 14.6 Å². The van der Waals surface area contributed by atoms with E-state index in [0.29, 0.717) is 25.6 Å². The molecule has 5 heteroatoms. The molecule has 1 fully saturated rings. The molecule has 1 aliphatic rings. The van der Waals surface area contributed by atoms with Gasteiger partial charge in [-0.2, -0.15) is 0 Å². The lowest BCUT2D eigenvalue weighted by Gasteiger charge is -2.38. The maximum absolute atomic E-state index is 12.2. The number of nitrogens with one attached hydrogen (secondary N) is 1. The standard InChI is InChI=1S/C18H28N2O3/c1-14-5-4-8-20(17(14)12-21)11-18(22)19-10-15-6-3-7-16(9-15)13-23-2/h3,6-7,9,14,17,21H,4-5,8,10-13H2,1-2H3,(H,19,22). The molecule has 1 amide bonds. The van der Waals surface area contributed by atoms with Gasteiger partial charge in [-0.25, -0.2) is 0 Å². The number of nitrogens with zero attached hydrogens (tertiary/aromatic N) is 1. The first kappa shape index (κ1) is 17.9. The van der Waals surface area contributed by atoms with Crippen molar-refractivity contribution in [3.8, 4) is 0 Å². The number of amides is 1. The summed E-state index contributed by atoms with van der Waals surface area (Å²) in [6, 6.07) is 8.13. The van der Waals surface area contributed by atoms with Crippen molar-refractivity contribution in [2.45, 2.75) is 39.0 Å². The average molecular weight is 320 g/mol. The molecule has 23 heavy (non-hydrogen) atoms. The predicted molar refractivity (Wildman–Crippen MR) is 89.8 cm³/mol. The number of likely N-dealkylation sites (tertiary alicyclic amines) is 1. The Bertz CT molecular complexity index is 507. The Labute approximate surface area is 138 Å². The summed E-state index contributed by atoms with van der Waals surface area (Å²) in [5.41, 5.74) is 2.17. The second-order valence-electron chi connectivity index (χ2n) is 6.37. The van der Waals surface area contributed by atoms with E-state index in [2.05, 4.69) is 17.1 Å². The maximum atomic E-state index is 12.2. The molecule has 1 heterocycles. The second-order valence-corrected chi connectivity index (χ2v) is 6.37. The number of piperidine rings is 1. The molecule has 1 saturated heterocycles. The molecule has 128 valence electrons. The molecular weight excluding hydrogens is 292 g/mol. The molecule has 0 aromatic heterocycles. The van der Waals surface area contributed by atoms with E-state index in [1.54, 1.807) is 7.11 Å². The second kappa shape index (κ2) is 9.01. The van der Waals surface area contributed by atoms with Gasteiger partial charge in [-0.05, 0) is 36.4 Å². The van der Waals surface area contributed by atoms with Crippen LogP contribution in [0.4, 0.5) is 0 Å². The van der Waals surface area contributed by atoms with Crippen molar-refractivity contribution in [3.63, 3.8) is 0 Å². The Kier molecular flexibility index (Phi) is 7.02. The molecule has 2 rings (SSSR count). The molecule has 0 radical (unpaired) electrons. The van der Waals surface area contributed by atoms with Crippen molar-refractivity contribution in [2.24, 2.45) is 5.92 Å². The first-order chi connectivity index (χ1) is 11.1. The number of hydrogen-bond acceptors (Lipinski definition) is 4. The van der Waals surface area contributed by atoms with Crippen LogP contribution in [0.25, 0.3) is 0 Å². The van der Waals surface area contributed by atoms with Gasteiger partial charge in [0.2, 0.25) is 5.91 Å². The minimum atomic E-state index is 0.00898. The quantitative estimate of drug-likeness (QED) is 0.800. The van der Waals surface area contributed by atoms with Gasteiger partial charge in [0.15, 0.2) is 0 Å². The monoisotopic (exact) mass is 320 g/mol. The minimum absolute atomic E-state index is 0.00898. The Hall–Kier alpha value is -1.43. The molecule has 0 spiro atoms. The lowest BCUT2D eigenvalue weighted by Crippen LogP contribution is -2.50. The van der Waals surface area contributed by atoms with Gasteiger partial charge in [-0.3, -0.25) is 9.69 Å². The summed E-state index contributed by atoms with van der Waals surface area (Å²) in [4.78, 5) is 14.3. The first-order valence-electron chi connectivity index (χ1n) is 8.32. The van der Waals surface area contributed by atoms with E-state index in [-0.39, 0.29) is 18.6 Å². The Morgan fingerprint density at radius 1 is 1.43 bits per heavy atom. The summed E-state index contributed by atoms with van der Waals surface area (Å²) in [7, 11) is 1.67. The smallest absolute Gasteiger partial charge is 0.234 e. The van der Waals surface area contributed by atoms with Crippen LogP contribution in [0.2, 0.25) is 0 Å². The zero-order valence-electron chi connectivity index (χ0n) is 14.1. The average Bonchev–Trinajstić information content (AvgIpc) is 2.54. The molecule has 2 unspecified atom stereocenters. The fraction of sp³-hybridized carbons (Fsp3) is 0.611. The number of hydrogen-bond donors (Lipinski definition) is 2. The highest BCUT2D eigenvalue weighted by Crippen LogP contribution is 2.22. The highest BCUT2D eigenvalue weighted by Gasteiger charge is 2.28. The predicted octanol–water partition coefficient (Wildman–Crippen LogP) is 1.54. The van der Waals surface area contributed by atoms with Crippen LogP contribution in [0.3, 0.4) is 0 Å². The highest BCUT2D eigenvalue weighted by molar-refractivity contribution is 5.78. The van der Waals surface area contributed by atoms with Crippen molar-refractivity contribution >= 4 is 5.91 Å². The van der Waals surface area contributed by atoms with E-state index >= 15 is 0 Å². The number of carbonyl (C=O) groups excluding carboxylic acids is 1. The lowest BCUT2D eigenvalue weighted by molar-refractivity contribution is -0.124. The van der Waals surface area contributed by atoms with Gasteiger partial charge in [-0.1, -0.05) is 31.2 Å². The number of methoxy groups -OCH3 is 1. The third-order valence-corrected chi connectivity index (χ3v) is 4.56. The van der Waals surface area contributed by atoms with Crippen molar-refractivity contribution in [2.75, 3.05) is 26.8 Å². The summed E-state index contributed by atoms with van der Waals surface area (Å²) < 4.78 is 5.13. The third kappa shape index (κ3) is 5.30. The Balaban J connectivity index is 1.83. The summed E-state index contributed by atoms with van der Waals surface area (Å²) in [5, 5.41) is 12.5. The van der Waals surface area contributed by atoms with Crippen LogP contribution in [-0.2, 0) is 22.7 Å². The Morgan fingerprint density at radius 3 is 2.96 bits per heavy atom. The lowest BCUT2D eigenvalue weighted by atomic mass is 9.91. The molecular formula is C18H28N2O3. The van der Waals surface area contributed by atoms with Crippen LogP contribution in [-0.4, -0.2) is 48.8 Å². The topological polar surface area (TPSA) is 61.8 Å². The van der Waals surface area contributed by atoms with Crippen LogP contribution in [0.5, 0.6) is 0 Å². The third-order valence-electron chi connectivity index (χ3n) is 4.56. The van der Waals surface area contributed by atoms with Crippen LogP contribution >= 0.6 is 0 Å². The van der Waals surface area contributed by atoms with Gasteiger partial charge in [0.05, 0.1) is 19.8 Å². The molecule has 2 N–H and O–H groups in total. The highest BCUT2D eigenvalue weighted by atomic mass is 16.5. The zero-order valence-corrected chi connectivity index (χ0v) is 14.1. The number of ether oxygens (including phenoxy) is 1. The fourth-order valence-corrected chi connectivity index (χ4v) is 3.26. The Morgan fingerprint density at radius 2 is 2.22 bits per heavy atom. The van der Waals surface area contributed by atoms with E-state index in [1.807, 2.05) is 24.3 Å². The molecule has 1 aromatic carbocycles. The molecule has 0 aliphatic carbocycles. The normalized spacial score (nSPS) is 22.0. The number of benzene rings is 1. The van der Waals surface area contributed by atoms with Gasteiger partial charge in [0.25, 0.3) is 0 Å². The summed E-state index contributed by atoms with van der Waals surface area (Å²) >= 11 is 0. The van der Waals surface area contributed by atoms with Gasteiger partial charge in [-0.15, -0.1) is 0 Å². The molecule has 2 atom stereocenters. The van der Waals surface area contributed by atoms with E-state index < -0.39 is 0 Å². The van der Waals surface area contributed by atoms with E-state index in [4.69, 9.17) is 4.74 Å². The number of carbonyl (C=O) groups is 1. The fourth-order valence-electron chi connectivity index (χ4n) is 3.26. The SMILES string of the molecule is COCc1cccc(CNC(=O)CN2CCCC(C)C2CO)c1. The van der Waals surface area contributed by atoms with Crippen molar-refractivity contribution in [1.29, 1.82) is 0 Å². The van der Waals surface area contributed by atoms with Crippen molar-refractivity contribution in [3.05, 3.63) is 35.4 Å². The van der Waals surface area contributed by atoms with Crippen LogP contribution in [0, 0.1) is 5.92 Å². The van der Waals surface area contributed by atoms with Gasteiger partial charge >= 0.3 is 0 Å². The zero-order chi connectivity index (χ0) is 16.7. The van der Waals surface area contributed by atoms with Crippen LogP contribution < -0.4 is 5.32 Å². The molecule has 0 bridgehead atoms. The number of aliphatic hydroxyl groups is 1. The van der Waals surface area contributed by atoms with Crippen molar-refractivity contribution in [1.82, 2.24) is 10.2 Å². The van der Waals surface area contributed by atoms with Gasteiger partial charge < -0.3 is 15.2 Å². The summed E-state index contributed by atoms with van der Waals surface area (Å²) in [6.45, 7) is 4.59. The van der Waals surface area contributed by atoms with E-state index in [0.717, 1.165) is 30.5 Å². The molecule has 0 saturated carbocycles. The first-order valence-corrected chi connectivity index (χ1v) is 8.32. The summed E-state index contributed by atoms with van der Waals surface area (Å²) in [6.07, 6.45) is 2.21. The molecule has 5 nitrogen and oxygen atoms in total. The van der Waals surface area contributed by atoms with E-state index in [1.165, 1.54) is 0 Å².